The third kappa shape index (κ3) is 3.62. The fourth-order valence-corrected chi connectivity index (χ4v) is 1.66. The lowest BCUT2D eigenvalue weighted by molar-refractivity contribution is -0.183. The maximum absolute atomic E-state index is 12.5. The fraction of sp³-hybridized carbons (Fsp3) is 0.636. The molecule has 1 aliphatic heterocycles. The van der Waals surface area contributed by atoms with Crippen LogP contribution in [-0.2, 0) is 9.59 Å². The molecular weight excluding hydrogens is 263 g/mol. The van der Waals surface area contributed by atoms with Crippen LogP contribution in [0, 0.1) is 5.41 Å². The Labute approximate surface area is 108 Å². The number of nitrogens with zero attached hydrogens (tertiary/aromatic N) is 1. The van der Waals surface area contributed by atoms with Crippen molar-refractivity contribution in [3.63, 3.8) is 0 Å². The van der Waals surface area contributed by atoms with Gasteiger partial charge in [-0.3, -0.25) is 9.59 Å². The molecule has 8 heteroatoms. The average molecular weight is 279 g/mol. The van der Waals surface area contributed by atoms with Crippen LogP contribution >= 0.6 is 0 Å². The maximum atomic E-state index is 12.5. The van der Waals surface area contributed by atoms with Crippen molar-refractivity contribution >= 4 is 11.8 Å². The standard InChI is InChI=1S/C11H16F3N3O2/c1-10(2,8(15)18)5-7-6-16-3-4-17(7)9(19)11(12,13)14/h6,16H,3-5H2,1-2H3,(H2,15,18). The van der Waals surface area contributed by atoms with E-state index in [0.29, 0.717) is 4.90 Å². The summed E-state index contributed by atoms with van der Waals surface area (Å²) in [7, 11) is 0. The van der Waals surface area contributed by atoms with Crippen molar-refractivity contribution in [3.05, 3.63) is 11.9 Å². The number of hydrogen-bond acceptors (Lipinski definition) is 3. The van der Waals surface area contributed by atoms with Crippen LogP contribution in [0.25, 0.3) is 0 Å². The van der Waals surface area contributed by atoms with Gasteiger partial charge >= 0.3 is 12.1 Å². The van der Waals surface area contributed by atoms with E-state index >= 15 is 0 Å². The number of halogens is 3. The molecular formula is C11H16F3N3O2. The Hall–Kier alpha value is -1.73. The van der Waals surface area contributed by atoms with Gasteiger partial charge in [0.1, 0.15) is 0 Å². The molecule has 1 heterocycles. The average Bonchev–Trinajstić information content (AvgIpc) is 2.27. The summed E-state index contributed by atoms with van der Waals surface area (Å²) in [6, 6.07) is 0. The van der Waals surface area contributed by atoms with Gasteiger partial charge in [-0.2, -0.15) is 13.2 Å². The Bertz CT molecular complexity index is 416. The Morgan fingerprint density at radius 3 is 2.47 bits per heavy atom. The molecule has 0 fully saturated rings. The third-order valence-corrected chi connectivity index (χ3v) is 2.87. The second kappa shape index (κ2) is 5.10. The predicted molar refractivity (Wildman–Crippen MR) is 61.4 cm³/mol. The zero-order valence-corrected chi connectivity index (χ0v) is 10.7. The van der Waals surface area contributed by atoms with Crippen LogP contribution in [0.1, 0.15) is 20.3 Å². The summed E-state index contributed by atoms with van der Waals surface area (Å²) in [5.74, 6) is -2.57. The molecule has 1 rings (SSSR count). The molecule has 0 spiro atoms. The van der Waals surface area contributed by atoms with Gasteiger partial charge in [-0.05, 0) is 0 Å². The molecule has 0 aliphatic carbocycles. The molecule has 0 aromatic rings. The SMILES string of the molecule is CC(C)(CC1=CNCCN1C(=O)C(F)(F)F)C(N)=O. The molecule has 0 saturated carbocycles. The van der Waals surface area contributed by atoms with Gasteiger partial charge in [-0.15, -0.1) is 0 Å². The van der Waals surface area contributed by atoms with Gasteiger partial charge in [-0.25, -0.2) is 0 Å². The Morgan fingerprint density at radius 1 is 1.42 bits per heavy atom. The molecule has 0 atom stereocenters. The van der Waals surface area contributed by atoms with Gasteiger partial charge in [-0.1, -0.05) is 13.8 Å². The van der Waals surface area contributed by atoms with Gasteiger partial charge in [0.15, 0.2) is 0 Å². The molecule has 0 saturated heterocycles. The van der Waals surface area contributed by atoms with Crippen LogP contribution in [-0.4, -0.2) is 36.0 Å². The second-order valence-electron chi connectivity index (χ2n) is 4.97. The second-order valence-corrected chi connectivity index (χ2v) is 4.97. The smallest absolute Gasteiger partial charge is 0.388 e. The number of amides is 2. The Morgan fingerprint density at radius 2 is 2.00 bits per heavy atom. The number of rotatable bonds is 3. The van der Waals surface area contributed by atoms with Gasteiger partial charge < -0.3 is 16.0 Å². The first-order chi connectivity index (χ1) is 8.55. The van der Waals surface area contributed by atoms with E-state index in [1.807, 2.05) is 0 Å². The van der Waals surface area contributed by atoms with E-state index < -0.39 is 23.4 Å². The Balaban J connectivity index is 2.94. The number of allylic oxidation sites excluding steroid dienone is 1. The number of alkyl halides is 3. The zero-order valence-electron chi connectivity index (χ0n) is 10.7. The highest BCUT2D eigenvalue weighted by Crippen LogP contribution is 2.30. The van der Waals surface area contributed by atoms with Crippen molar-refractivity contribution in [2.45, 2.75) is 26.4 Å². The van der Waals surface area contributed by atoms with E-state index in [1.54, 1.807) is 0 Å². The molecule has 0 unspecified atom stereocenters. The van der Waals surface area contributed by atoms with Crippen molar-refractivity contribution < 1.29 is 22.8 Å². The maximum Gasteiger partial charge on any atom is 0.471 e. The largest absolute Gasteiger partial charge is 0.471 e. The quantitative estimate of drug-likeness (QED) is 0.799. The van der Waals surface area contributed by atoms with Crippen LogP contribution in [0.2, 0.25) is 0 Å². The van der Waals surface area contributed by atoms with Crippen LogP contribution in [0.5, 0.6) is 0 Å². The molecule has 0 aromatic carbocycles. The van der Waals surface area contributed by atoms with Crippen LogP contribution in [0.4, 0.5) is 13.2 Å². The number of nitrogens with two attached hydrogens (primary N) is 1. The van der Waals surface area contributed by atoms with Crippen molar-refractivity contribution in [1.82, 2.24) is 10.2 Å². The highest BCUT2D eigenvalue weighted by Gasteiger charge is 2.44. The molecule has 108 valence electrons. The summed E-state index contributed by atoms with van der Waals surface area (Å²) in [4.78, 5) is 23.2. The first kappa shape index (κ1) is 15.3. The van der Waals surface area contributed by atoms with Gasteiger partial charge in [0.05, 0.1) is 0 Å². The highest BCUT2D eigenvalue weighted by atomic mass is 19.4. The van der Waals surface area contributed by atoms with Gasteiger partial charge in [0.2, 0.25) is 5.91 Å². The zero-order chi connectivity index (χ0) is 14.8. The van der Waals surface area contributed by atoms with Crippen molar-refractivity contribution in [2.24, 2.45) is 11.1 Å². The minimum absolute atomic E-state index is 0.0445. The number of carbonyl (C=O) groups is 2. The molecule has 0 bridgehead atoms. The first-order valence-corrected chi connectivity index (χ1v) is 5.67. The van der Waals surface area contributed by atoms with E-state index in [4.69, 9.17) is 5.73 Å². The fourth-order valence-electron chi connectivity index (χ4n) is 1.66. The number of primary amides is 1. The molecule has 3 N–H and O–H groups in total. The lowest BCUT2D eigenvalue weighted by Gasteiger charge is -2.33. The topological polar surface area (TPSA) is 75.4 Å². The molecule has 1 aliphatic rings. The minimum Gasteiger partial charge on any atom is -0.388 e. The third-order valence-electron chi connectivity index (χ3n) is 2.87. The predicted octanol–water partition coefficient (Wildman–Crippen LogP) is 0.724. The number of nitrogens with one attached hydrogen (secondary N) is 1. The monoisotopic (exact) mass is 279 g/mol. The molecule has 0 aromatic heterocycles. The lowest BCUT2D eigenvalue weighted by atomic mass is 9.86. The van der Waals surface area contributed by atoms with E-state index in [2.05, 4.69) is 5.32 Å². The van der Waals surface area contributed by atoms with Crippen molar-refractivity contribution in [3.8, 4) is 0 Å². The Kier molecular flexibility index (Phi) is 4.12. The van der Waals surface area contributed by atoms with E-state index in [0.717, 1.165) is 0 Å². The van der Waals surface area contributed by atoms with Crippen LogP contribution in [0.15, 0.2) is 11.9 Å². The molecule has 0 radical (unpaired) electrons. The lowest BCUT2D eigenvalue weighted by Crippen LogP contribution is -2.47. The van der Waals surface area contributed by atoms with Crippen LogP contribution in [0.3, 0.4) is 0 Å². The van der Waals surface area contributed by atoms with Crippen molar-refractivity contribution in [1.29, 1.82) is 0 Å². The van der Waals surface area contributed by atoms with Gasteiger partial charge in [0.25, 0.3) is 0 Å². The highest BCUT2D eigenvalue weighted by molar-refractivity contribution is 5.84. The summed E-state index contributed by atoms with van der Waals surface area (Å²) in [6.07, 6.45) is -3.66. The summed E-state index contributed by atoms with van der Waals surface area (Å²) in [5, 5.41) is 2.76. The van der Waals surface area contributed by atoms with Crippen molar-refractivity contribution in [2.75, 3.05) is 13.1 Å². The van der Waals surface area contributed by atoms with Crippen LogP contribution < -0.4 is 11.1 Å². The minimum atomic E-state index is -4.94. The van der Waals surface area contributed by atoms with E-state index in [-0.39, 0.29) is 25.2 Å². The van der Waals surface area contributed by atoms with E-state index in [1.165, 1.54) is 20.0 Å². The van der Waals surface area contributed by atoms with Gasteiger partial charge in [0, 0.05) is 36.8 Å². The summed E-state index contributed by atoms with van der Waals surface area (Å²) in [5.41, 5.74) is 4.26. The normalized spacial score (nSPS) is 16.7. The summed E-state index contributed by atoms with van der Waals surface area (Å²) >= 11 is 0. The first-order valence-electron chi connectivity index (χ1n) is 5.67. The molecule has 5 nitrogen and oxygen atoms in total. The summed E-state index contributed by atoms with van der Waals surface area (Å²) < 4.78 is 37.4. The van der Waals surface area contributed by atoms with E-state index in [9.17, 15) is 22.8 Å². The molecule has 19 heavy (non-hydrogen) atoms. The number of carbonyl (C=O) groups excluding carboxylic acids is 2. The number of hydrogen-bond donors (Lipinski definition) is 2. The summed E-state index contributed by atoms with van der Waals surface area (Å²) in [6.45, 7) is 3.16. The molecule has 2 amide bonds.